The average molecular weight is 623 g/mol. The Hall–Kier alpha value is -3.25. The van der Waals surface area contributed by atoms with Gasteiger partial charge in [-0.3, -0.25) is 9.00 Å². The van der Waals surface area contributed by atoms with Gasteiger partial charge < -0.3 is 14.3 Å². The first kappa shape index (κ1) is 29.2. The van der Waals surface area contributed by atoms with Crippen molar-refractivity contribution in [1.29, 1.82) is 0 Å². The van der Waals surface area contributed by atoms with E-state index in [1.54, 1.807) is 43.3 Å². The third kappa shape index (κ3) is 6.18. The summed E-state index contributed by atoms with van der Waals surface area (Å²) >= 11 is 11.0. The lowest BCUT2D eigenvalue weighted by atomic mass is 9.95. The monoisotopic (exact) mass is 622 g/mol. The molecular weight excluding hydrogens is 602 g/mol. The smallest absolute Gasteiger partial charge is 0.416 e. The normalized spacial score (nSPS) is 15.8. The SMILES string of the molecule is CC(c1ccc(CC(=O)Nc2cc(Cl)c(C3(c4nnc(-c5ccc(C(F)(F)F)cc5)o4)CC3)c(Cl)c2)cc1)S(=O)[O-]. The summed E-state index contributed by atoms with van der Waals surface area (Å²) in [6, 6.07) is 14.3. The molecule has 2 unspecified atom stereocenters. The van der Waals surface area contributed by atoms with E-state index >= 15 is 0 Å². The van der Waals surface area contributed by atoms with Crippen molar-refractivity contribution in [3.8, 4) is 11.5 Å². The number of alkyl halides is 3. The topological polar surface area (TPSA) is 108 Å². The van der Waals surface area contributed by atoms with Crippen molar-refractivity contribution in [2.45, 2.75) is 43.0 Å². The van der Waals surface area contributed by atoms with Crippen LogP contribution in [0.1, 0.15) is 53.2 Å². The van der Waals surface area contributed by atoms with Crippen LogP contribution in [0.4, 0.5) is 18.9 Å². The predicted octanol–water partition coefficient (Wildman–Crippen LogP) is 7.26. The van der Waals surface area contributed by atoms with Crippen LogP contribution in [0.5, 0.6) is 0 Å². The van der Waals surface area contributed by atoms with Gasteiger partial charge >= 0.3 is 6.18 Å². The standard InChI is InChI=1S/C28H22Cl2F3N3O4S/c1-15(41(38)39)17-4-2-16(3-5-17)12-23(37)34-20-13-21(29)24(22(30)14-20)27(10-11-27)26-36-35-25(40-26)18-6-8-19(9-7-18)28(31,32)33/h2-9,13-15H,10-12H2,1H3,(H,34,37)(H,38,39)/p-1. The van der Waals surface area contributed by atoms with Crippen LogP contribution in [0.15, 0.2) is 65.1 Å². The Kier molecular flexibility index (Phi) is 7.99. The number of nitrogens with zero attached hydrogens (tertiary/aromatic N) is 2. The van der Waals surface area contributed by atoms with E-state index in [1.165, 1.54) is 12.1 Å². The summed E-state index contributed by atoms with van der Waals surface area (Å²) < 4.78 is 66.9. The van der Waals surface area contributed by atoms with Crippen molar-refractivity contribution < 1.29 is 31.1 Å². The van der Waals surface area contributed by atoms with E-state index < -0.39 is 33.5 Å². The maximum atomic E-state index is 12.9. The van der Waals surface area contributed by atoms with Crippen LogP contribution < -0.4 is 5.32 Å². The fraction of sp³-hybridized carbons (Fsp3) is 0.250. The zero-order valence-corrected chi connectivity index (χ0v) is 23.6. The Morgan fingerprint density at radius 2 is 1.68 bits per heavy atom. The Morgan fingerprint density at radius 3 is 2.22 bits per heavy atom. The number of hydrogen-bond donors (Lipinski definition) is 1. The lowest BCUT2D eigenvalue weighted by Crippen LogP contribution is -2.16. The van der Waals surface area contributed by atoms with E-state index in [1.807, 2.05) is 0 Å². The molecule has 0 spiro atoms. The number of nitrogens with one attached hydrogen (secondary N) is 1. The van der Waals surface area contributed by atoms with Gasteiger partial charge in [-0.1, -0.05) is 47.5 Å². The molecule has 1 N–H and O–H groups in total. The van der Waals surface area contributed by atoms with E-state index in [0.717, 1.165) is 12.1 Å². The minimum absolute atomic E-state index is 0.0464. The first-order valence-corrected chi connectivity index (χ1v) is 14.2. The Labute approximate surface area is 245 Å². The summed E-state index contributed by atoms with van der Waals surface area (Å²) in [6.45, 7) is 1.57. The van der Waals surface area contributed by atoms with E-state index in [9.17, 15) is 26.7 Å². The number of carbonyl (C=O) groups excluding carboxylic acids is 1. The first-order chi connectivity index (χ1) is 19.4. The van der Waals surface area contributed by atoms with Gasteiger partial charge in [-0.25, -0.2) is 0 Å². The van der Waals surface area contributed by atoms with Gasteiger partial charge in [0.1, 0.15) is 0 Å². The number of halogens is 5. The van der Waals surface area contributed by atoms with Crippen LogP contribution in [0, 0.1) is 0 Å². The molecule has 0 radical (unpaired) electrons. The van der Waals surface area contributed by atoms with E-state index in [-0.39, 0.29) is 34.2 Å². The van der Waals surface area contributed by atoms with Crippen molar-refractivity contribution in [2.75, 3.05) is 5.32 Å². The molecule has 1 aliphatic carbocycles. The van der Waals surface area contributed by atoms with Crippen LogP contribution >= 0.6 is 23.2 Å². The number of amides is 1. The second-order valence-corrected chi connectivity index (χ2v) is 11.8. The molecule has 3 aromatic carbocycles. The fourth-order valence-corrected chi connectivity index (χ4v) is 5.77. The van der Waals surface area contributed by atoms with Gasteiger partial charge in [-0.05, 0) is 78.4 Å². The molecule has 1 saturated carbocycles. The van der Waals surface area contributed by atoms with Gasteiger partial charge in [0.15, 0.2) is 0 Å². The second kappa shape index (κ2) is 11.2. The molecule has 7 nitrogen and oxygen atoms in total. The largest absolute Gasteiger partial charge is 0.772 e. The van der Waals surface area contributed by atoms with E-state index in [4.69, 9.17) is 27.6 Å². The summed E-state index contributed by atoms with van der Waals surface area (Å²) in [4.78, 5) is 12.7. The average Bonchev–Trinajstić information content (AvgIpc) is 3.53. The van der Waals surface area contributed by atoms with Crippen LogP contribution in [0.3, 0.4) is 0 Å². The number of carbonyl (C=O) groups is 1. The highest BCUT2D eigenvalue weighted by atomic mass is 35.5. The molecule has 13 heteroatoms. The lowest BCUT2D eigenvalue weighted by Gasteiger charge is -2.17. The number of rotatable bonds is 8. The maximum absolute atomic E-state index is 12.9. The maximum Gasteiger partial charge on any atom is 0.416 e. The summed E-state index contributed by atoms with van der Waals surface area (Å²) in [6.07, 6.45) is -3.18. The van der Waals surface area contributed by atoms with Gasteiger partial charge in [-0.15, -0.1) is 10.2 Å². The molecule has 1 heterocycles. The molecule has 2 atom stereocenters. The number of anilines is 1. The summed E-state index contributed by atoms with van der Waals surface area (Å²) in [5, 5.41) is 10.8. The van der Waals surface area contributed by atoms with Crippen LogP contribution in [-0.4, -0.2) is 24.9 Å². The fourth-order valence-electron chi connectivity index (χ4n) is 4.54. The highest BCUT2D eigenvalue weighted by Crippen LogP contribution is 2.57. The number of benzene rings is 3. The third-order valence-electron chi connectivity index (χ3n) is 6.95. The molecule has 5 rings (SSSR count). The van der Waals surface area contributed by atoms with Gasteiger partial charge in [0.05, 0.1) is 17.4 Å². The molecule has 1 amide bonds. The van der Waals surface area contributed by atoms with Crippen molar-refractivity contribution in [3.63, 3.8) is 0 Å². The Bertz CT molecular complexity index is 1600. The van der Waals surface area contributed by atoms with E-state index in [2.05, 4.69) is 15.5 Å². The van der Waals surface area contributed by atoms with Crippen molar-refractivity contribution in [1.82, 2.24) is 10.2 Å². The highest BCUT2D eigenvalue weighted by molar-refractivity contribution is 7.79. The molecule has 1 fully saturated rings. The van der Waals surface area contributed by atoms with Crippen molar-refractivity contribution >= 4 is 45.9 Å². The predicted molar refractivity (Wildman–Crippen MR) is 147 cm³/mol. The minimum atomic E-state index is -4.46. The molecule has 1 aliphatic rings. The summed E-state index contributed by atoms with van der Waals surface area (Å²) in [5.41, 5.74) is 1.06. The molecule has 0 saturated heterocycles. The zero-order chi connectivity index (χ0) is 29.5. The number of hydrogen-bond acceptors (Lipinski definition) is 6. The summed E-state index contributed by atoms with van der Waals surface area (Å²) in [7, 11) is 0. The minimum Gasteiger partial charge on any atom is -0.772 e. The van der Waals surface area contributed by atoms with Crippen molar-refractivity contribution in [2.24, 2.45) is 0 Å². The summed E-state index contributed by atoms with van der Waals surface area (Å²) in [5.74, 6) is -0.0104. The van der Waals surface area contributed by atoms with Gasteiger partial charge in [0.25, 0.3) is 0 Å². The molecule has 41 heavy (non-hydrogen) atoms. The molecule has 0 aliphatic heterocycles. The Balaban J connectivity index is 1.30. The molecule has 214 valence electrons. The van der Waals surface area contributed by atoms with Crippen molar-refractivity contribution in [3.05, 3.63) is 98.9 Å². The zero-order valence-electron chi connectivity index (χ0n) is 21.3. The van der Waals surface area contributed by atoms with Gasteiger partial charge in [0.2, 0.25) is 17.7 Å². The molecule has 1 aromatic heterocycles. The highest BCUT2D eigenvalue weighted by Gasteiger charge is 2.53. The van der Waals surface area contributed by atoms with Crippen LogP contribution in [0.25, 0.3) is 11.5 Å². The van der Waals surface area contributed by atoms with E-state index in [0.29, 0.717) is 40.8 Å². The molecular formula is C28H21Cl2F3N3O4S-. The van der Waals surface area contributed by atoms with Crippen LogP contribution in [-0.2, 0) is 33.9 Å². The molecule has 4 aromatic rings. The second-order valence-electron chi connectivity index (χ2n) is 9.75. The van der Waals surface area contributed by atoms with Crippen LogP contribution in [0.2, 0.25) is 10.0 Å². The third-order valence-corrected chi connectivity index (χ3v) is 8.40. The van der Waals surface area contributed by atoms with Gasteiger partial charge in [-0.2, -0.15) is 13.2 Å². The van der Waals surface area contributed by atoms with Gasteiger partial charge in [0, 0.05) is 32.1 Å². The first-order valence-electron chi connectivity index (χ1n) is 12.4. The Morgan fingerprint density at radius 1 is 1.07 bits per heavy atom. The lowest BCUT2D eigenvalue weighted by molar-refractivity contribution is -0.137. The number of aromatic nitrogens is 2. The molecule has 0 bridgehead atoms. The quantitative estimate of drug-likeness (QED) is 0.207.